The number of nitrogens with one attached hydrogen (secondary N) is 1. The van der Waals surface area contributed by atoms with E-state index in [1.807, 2.05) is 6.92 Å². The van der Waals surface area contributed by atoms with Crippen LogP contribution in [0.2, 0.25) is 0 Å². The van der Waals surface area contributed by atoms with E-state index in [0.717, 1.165) is 12.0 Å². The Labute approximate surface area is 113 Å². The van der Waals surface area contributed by atoms with Crippen LogP contribution in [0.4, 0.5) is 0 Å². The number of nitrogens with two attached hydrogens (primary N) is 1. The van der Waals surface area contributed by atoms with Crippen LogP contribution in [0.3, 0.4) is 0 Å². The van der Waals surface area contributed by atoms with Crippen LogP contribution in [0.25, 0.3) is 0 Å². The molecule has 1 heterocycles. The highest BCUT2D eigenvalue weighted by molar-refractivity contribution is 7.89. The molecule has 1 aromatic rings. The molecule has 0 radical (unpaired) electrons. The molecule has 6 heteroatoms. The van der Waals surface area contributed by atoms with Gasteiger partial charge in [0.15, 0.2) is 0 Å². The maximum Gasteiger partial charge on any atom is 0.240 e. The summed E-state index contributed by atoms with van der Waals surface area (Å²) >= 11 is 0. The lowest BCUT2D eigenvalue weighted by molar-refractivity contribution is -0.00924. The second-order valence-corrected chi connectivity index (χ2v) is 7.04. The van der Waals surface area contributed by atoms with Crippen LogP contribution in [0.15, 0.2) is 29.2 Å². The van der Waals surface area contributed by atoms with Crippen molar-refractivity contribution in [2.45, 2.75) is 36.4 Å². The number of hydrogen-bond donors (Lipinski definition) is 2. The second-order valence-electron chi connectivity index (χ2n) is 5.33. The smallest absolute Gasteiger partial charge is 0.240 e. The van der Waals surface area contributed by atoms with E-state index in [4.69, 9.17) is 10.5 Å². The van der Waals surface area contributed by atoms with Gasteiger partial charge in [0.25, 0.3) is 0 Å². The fourth-order valence-corrected chi connectivity index (χ4v) is 4.14. The average molecular weight is 282 g/mol. The Bertz CT molecular complexity index is 570. The molecule has 1 saturated carbocycles. The van der Waals surface area contributed by atoms with Crippen LogP contribution in [0.1, 0.15) is 12.0 Å². The van der Waals surface area contributed by atoms with Gasteiger partial charge in [0, 0.05) is 18.6 Å². The van der Waals surface area contributed by atoms with Gasteiger partial charge in [0.1, 0.15) is 0 Å². The molecule has 5 nitrogen and oxygen atoms in total. The Balaban J connectivity index is 1.77. The van der Waals surface area contributed by atoms with Gasteiger partial charge in [0.05, 0.1) is 17.0 Å². The van der Waals surface area contributed by atoms with Gasteiger partial charge in [0.2, 0.25) is 10.0 Å². The zero-order valence-electron chi connectivity index (χ0n) is 10.7. The molecule has 1 aliphatic heterocycles. The summed E-state index contributed by atoms with van der Waals surface area (Å²) in [5.74, 6) is 0.297. The first-order valence-electron chi connectivity index (χ1n) is 6.45. The van der Waals surface area contributed by atoms with Crippen LogP contribution in [0.5, 0.6) is 0 Å². The van der Waals surface area contributed by atoms with Crippen molar-refractivity contribution in [3.05, 3.63) is 29.8 Å². The molecule has 0 spiro atoms. The van der Waals surface area contributed by atoms with Crippen LogP contribution in [0, 0.1) is 12.8 Å². The van der Waals surface area contributed by atoms with Crippen LogP contribution < -0.4 is 10.5 Å². The number of ether oxygens (including phenoxy) is 1. The highest BCUT2D eigenvalue weighted by atomic mass is 32.2. The van der Waals surface area contributed by atoms with Crippen LogP contribution in [-0.2, 0) is 14.8 Å². The molecule has 2 fully saturated rings. The summed E-state index contributed by atoms with van der Waals surface area (Å²) in [7, 11) is -3.52. The molecule has 1 saturated heterocycles. The molecule has 4 unspecified atom stereocenters. The van der Waals surface area contributed by atoms with E-state index in [1.54, 1.807) is 24.3 Å². The quantitative estimate of drug-likeness (QED) is 0.840. The molecule has 0 aromatic heterocycles. The molecule has 4 atom stereocenters. The number of rotatable bonds is 3. The third kappa shape index (κ3) is 2.18. The molecule has 0 amide bonds. The van der Waals surface area contributed by atoms with E-state index in [0.29, 0.717) is 12.5 Å². The summed E-state index contributed by atoms with van der Waals surface area (Å²) in [6, 6.07) is 6.32. The Morgan fingerprint density at radius 3 is 2.68 bits per heavy atom. The minimum Gasteiger partial charge on any atom is -0.376 e. The maximum atomic E-state index is 12.3. The van der Waals surface area contributed by atoms with Gasteiger partial charge in [-0.2, -0.15) is 0 Å². The van der Waals surface area contributed by atoms with E-state index < -0.39 is 10.0 Å². The Hall–Kier alpha value is -0.950. The van der Waals surface area contributed by atoms with Gasteiger partial charge in [-0.15, -0.1) is 0 Å². The number of benzene rings is 1. The van der Waals surface area contributed by atoms with Gasteiger partial charge in [-0.25, -0.2) is 13.1 Å². The molecule has 19 heavy (non-hydrogen) atoms. The number of aryl methyl sites for hydroxylation is 1. The topological polar surface area (TPSA) is 81.4 Å². The van der Waals surface area contributed by atoms with E-state index >= 15 is 0 Å². The van der Waals surface area contributed by atoms with Crippen molar-refractivity contribution >= 4 is 10.0 Å². The predicted molar refractivity (Wildman–Crippen MR) is 71.1 cm³/mol. The first-order chi connectivity index (χ1) is 8.99. The SMILES string of the molecule is Cc1ccc(S(=O)(=O)NC2C(N)C3CCOC32)cc1. The average Bonchev–Trinajstić information content (AvgIpc) is 2.81. The van der Waals surface area contributed by atoms with Gasteiger partial charge in [-0.3, -0.25) is 0 Å². The highest BCUT2D eigenvalue weighted by Crippen LogP contribution is 2.38. The van der Waals surface area contributed by atoms with E-state index in [9.17, 15) is 8.42 Å². The summed E-state index contributed by atoms with van der Waals surface area (Å²) in [5.41, 5.74) is 7.04. The molecule has 3 rings (SSSR count). The van der Waals surface area contributed by atoms with E-state index in [2.05, 4.69) is 4.72 Å². The second kappa shape index (κ2) is 4.56. The van der Waals surface area contributed by atoms with Crippen LogP contribution in [-0.4, -0.2) is 33.2 Å². The zero-order valence-corrected chi connectivity index (χ0v) is 11.6. The third-order valence-electron chi connectivity index (χ3n) is 4.07. The van der Waals surface area contributed by atoms with Gasteiger partial charge in [-0.05, 0) is 25.5 Å². The van der Waals surface area contributed by atoms with Crippen molar-refractivity contribution in [3.8, 4) is 0 Å². The summed E-state index contributed by atoms with van der Waals surface area (Å²) in [6.45, 7) is 2.59. The lowest BCUT2D eigenvalue weighted by Crippen LogP contribution is -2.68. The first-order valence-corrected chi connectivity index (χ1v) is 7.93. The molecule has 3 N–H and O–H groups in total. The van der Waals surface area contributed by atoms with Crippen molar-refractivity contribution in [2.24, 2.45) is 11.7 Å². The first kappa shape index (κ1) is 13.1. The lowest BCUT2D eigenvalue weighted by atomic mass is 9.73. The highest BCUT2D eigenvalue weighted by Gasteiger charge is 2.53. The van der Waals surface area contributed by atoms with Crippen molar-refractivity contribution in [2.75, 3.05) is 6.61 Å². The Morgan fingerprint density at radius 2 is 2.00 bits per heavy atom. The Kier molecular flexibility index (Phi) is 3.13. The largest absolute Gasteiger partial charge is 0.376 e. The summed E-state index contributed by atoms with van der Waals surface area (Å²) < 4.78 is 32.7. The molecule has 104 valence electrons. The van der Waals surface area contributed by atoms with Crippen molar-refractivity contribution in [1.82, 2.24) is 4.72 Å². The minimum atomic E-state index is -3.52. The fourth-order valence-electron chi connectivity index (χ4n) is 2.86. The van der Waals surface area contributed by atoms with Gasteiger partial charge >= 0.3 is 0 Å². The van der Waals surface area contributed by atoms with Crippen molar-refractivity contribution < 1.29 is 13.2 Å². The lowest BCUT2D eigenvalue weighted by Gasteiger charge is -2.45. The number of hydrogen-bond acceptors (Lipinski definition) is 4. The van der Waals surface area contributed by atoms with Gasteiger partial charge in [-0.1, -0.05) is 17.7 Å². The minimum absolute atomic E-state index is 0.0600. The number of fused-ring (bicyclic) bond motifs is 1. The molecule has 1 aliphatic carbocycles. The van der Waals surface area contributed by atoms with Gasteiger partial charge < -0.3 is 10.5 Å². The monoisotopic (exact) mass is 282 g/mol. The molecular formula is C13H18N2O3S. The standard InChI is InChI=1S/C13H18N2O3S/c1-8-2-4-9(5-3-8)19(16,17)15-12-11(14)10-6-7-18-13(10)12/h2-5,10-13,15H,6-7,14H2,1H3. The molecule has 0 bridgehead atoms. The normalized spacial score (nSPS) is 33.8. The summed E-state index contributed by atoms with van der Waals surface area (Å²) in [6.07, 6.45) is 0.865. The van der Waals surface area contributed by atoms with E-state index in [-0.39, 0.29) is 23.1 Å². The van der Waals surface area contributed by atoms with Crippen molar-refractivity contribution in [1.29, 1.82) is 0 Å². The molecular weight excluding hydrogens is 264 g/mol. The Morgan fingerprint density at radius 1 is 1.32 bits per heavy atom. The zero-order chi connectivity index (χ0) is 13.6. The van der Waals surface area contributed by atoms with Crippen molar-refractivity contribution in [3.63, 3.8) is 0 Å². The maximum absolute atomic E-state index is 12.3. The number of sulfonamides is 1. The predicted octanol–water partition coefficient (Wildman–Crippen LogP) is 0.388. The van der Waals surface area contributed by atoms with E-state index in [1.165, 1.54) is 0 Å². The fraction of sp³-hybridized carbons (Fsp3) is 0.538. The molecule has 2 aliphatic rings. The van der Waals surface area contributed by atoms with Crippen LogP contribution >= 0.6 is 0 Å². The molecule has 1 aromatic carbocycles. The third-order valence-corrected chi connectivity index (χ3v) is 5.54. The summed E-state index contributed by atoms with van der Waals surface area (Å²) in [5, 5.41) is 0. The summed E-state index contributed by atoms with van der Waals surface area (Å²) in [4.78, 5) is 0.270.